The molecule has 0 radical (unpaired) electrons. The van der Waals surface area contributed by atoms with E-state index in [1.807, 2.05) is 0 Å². The molecule has 3 N–H and O–H groups in total. The molecular formula is C17H18N4O6S. The standard InChI is InChI=1S/C17H18N4O6S/c1-11(2)20-28(26,27)15-8-6-12(7-9-15)16(22)18-19-17(23)13-4-3-5-14(10-13)21(24)25/h3-11,20H,1-2H3,(H,18,22)(H,19,23). The van der Waals surface area contributed by atoms with E-state index < -0.39 is 26.8 Å². The van der Waals surface area contributed by atoms with Crippen LogP contribution in [0.4, 0.5) is 5.69 Å². The summed E-state index contributed by atoms with van der Waals surface area (Å²) < 4.78 is 26.5. The molecule has 0 fully saturated rings. The number of nitro benzene ring substituents is 1. The lowest BCUT2D eigenvalue weighted by molar-refractivity contribution is -0.384. The maximum atomic E-state index is 12.1. The number of hydrogen-bond acceptors (Lipinski definition) is 6. The third kappa shape index (κ3) is 5.34. The number of nitrogens with zero attached hydrogens (tertiary/aromatic N) is 1. The van der Waals surface area contributed by atoms with Crippen molar-refractivity contribution in [3.63, 3.8) is 0 Å². The molecule has 0 heterocycles. The van der Waals surface area contributed by atoms with Gasteiger partial charge in [0.1, 0.15) is 0 Å². The maximum Gasteiger partial charge on any atom is 0.270 e. The number of rotatable bonds is 6. The Hall–Kier alpha value is -3.31. The van der Waals surface area contributed by atoms with Gasteiger partial charge in [0.25, 0.3) is 17.5 Å². The molecule has 0 unspecified atom stereocenters. The first-order valence-corrected chi connectivity index (χ1v) is 9.56. The number of amides is 2. The number of hydrazine groups is 1. The number of hydrogen-bond donors (Lipinski definition) is 3. The van der Waals surface area contributed by atoms with Gasteiger partial charge >= 0.3 is 0 Å². The highest BCUT2D eigenvalue weighted by atomic mass is 32.2. The zero-order valence-electron chi connectivity index (χ0n) is 15.0. The van der Waals surface area contributed by atoms with Gasteiger partial charge in [0.15, 0.2) is 0 Å². The normalized spacial score (nSPS) is 11.1. The minimum Gasteiger partial charge on any atom is -0.267 e. The molecule has 0 aliphatic rings. The van der Waals surface area contributed by atoms with Gasteiger partial charge in [-0.3, -0.25) is 30.6 Å². The lowest BCUT2D eigenvalue weighted by atomic mass is 10.2. The average molecular weight is 406 g/mol. The highest BCUT2D eigenvalue weighted by molar-refractivity contribution is 7.89. The van der Waals surface area contributed by atoms with Crippen LogP contribution in [-0.2, 0) is 10.0 Å². The molecule has 148 valence electrons. The fourth-order valence-electron chi connectivity index (χ4n) is 2.18. The minimum atomic E-state index is -3.68. The lowest BCUT2D eigenvalue weighted by Crippen LogP contribution is -2.41. The van der Waals surface area contributed by atoms with Crippen molar-refractivity contribution < 1.29 is 22.9 Å². The highest BCUT2D eigenvalue weighted by Crippen LogP contribution is 2.13. The SMILES string of the molecule is CC(C)NS(=O)(=O)c1ccc(C(=O)NNC(=O)c2cccc([N+](=O)[O-])c2)cc1. The largest absolute Gasteiger partial charge is 0.270 e. The van der Waals surface area contributed by atoms with E-state index in [-0.39, 0.29) is 27.8 Å². The van der Waals surface area contributed by atoms with Crippen molar-refractivity contribution in [3.8, 4) is 0 Å². The van der Waals surface area contributed by atoms with Gasteiger partial charge in [0.05, 0.1) is 9.82 Å². The fourth-order valence-corrected chi connectivity index (χ4v) is 3.43. The predicted molar refractivity (Wildman–Crippen MR) is 99.9 cm³/mol. The van der Waals surface area contributed by atoms with Crippen molar-refractivity contribution in [1.29, 1.82) is 0 Å². The Bertz CT molecular complexity index is 1000. The molecule has 0 saturated heterocycles. The summed E-state index contributed by atoms with van der Waals surface area (Å²) in [6.07, 6.45) is 0. The Balaban J connectivity index is 2.02. The van der Waals surface area contributed by atoms with E-state index in [1.54, 1.807) is 13.8 Å². The van der Waals surface area contributed by atoms with E-state index in [9.17, 15) is 28.1 Å². The molecule has 28 heavy (non-hydrogen) atoms. The second-order valence-corrected chi connectivity index (χ2v) is 7.73. The Labute approximate surface area is 161 Å². The van der Waals surface area contributed by atoms with Crippen LogP contribution in [0, 0.1) is 10.1 Å². The Morgan fingerprint density at radius 3 is 2.07 bits per heavy atom. The average Bonchev–Trinajstić information content (AvgIpc) is 2.65. The summed E-state index contributed by atoms with van der Waals surface area (Å²) in [6.45, 7) is 3.37. The molecule has 0 saturated carbocycles. The lowest BCUT2D eigenvalue weighted by Gasteiger charge is -2.10. The Morgan fingerprint density at radius 1 is 0.964 bits per heavy atom. The van der Waals surface area contributed by atoms with Gasteiger partial charge in [-0.2, -0.15) is 0 Å². The topological polar surface area (TPSA) is 148 Å². The quantitative estimate of drug-likeness (QED) is 0.487. The van der Waals surface area contributed by atoms with Gasteiger partial charge in [-0.15, -0.1) is 0 Å². The number of sulfonamides is 1. The van der Waals surface area contributed by atoms with Gasteiger partial charge in [0, 0.05) is 29.3 Å². The number of nitrogens with one attached hydrogen (secondary N) is 3. The number of benzene rings is 2. The summed E-state index contributed by atoms with van der Waals surface area (Å²) in [4.78, 5) is 34.2. The zero-order valence-corrected chi connectivity index (χ0v) is 15.8. The molecule has 2 aromatic rings. The molecule has 2 amide bonds. The first kappa shape index (κ1) is 21.0. The van der Waals surface area contributed by atoms with Crippen molar-refractivity contribution in [2.75, 3.05) is 0 Å². The molecule has 0 aromatic heterocycles. The van der Waals surface area contributed by atoms with E-state index in [1.165, 1.54) is 42.5 Å². The second-order valence-electron chi connectivity index (χ2n) is 6.02. The van der Waals surface area contributed by atoms with Gasteiger partial charge in [-0.05, 0) is 44.2 Å². The fraction of sp³-hybridized carbons (Fsp3) is 0.176. The van der Waals surface area contributed by atoms with Crippen molar-refractivity contribution in [2.24, 2.45) is 0 Å². The van der Waals surface area contributed by atoms with Crippen molar-refractivity contribution in [1.82, 2.24) is 15.6 Å². The highest BCUT2D eigenvalue weighted by Gasteiger charge is 2.17. The smallest absolute Gasteiger partial charge is 0.267 e. The molecule has 0 atom stereocenters. The van der Waals surface area contributed by atoms with E-state index in [0.29, 0.717) is 0 Å². The molecule has 0 bridgehead atoms. The third-order valence-electron chi connectivity index (χ3n) is 3.43. The minimum absolute atomic E-state index is 0.00150. The molecule has 11 heteroatoms. The summed E-state index contributed by atoms with van der Waals surface area (Å²) >= 11 is 0. The number of carbonyl (C=O) groups is 2. The maximum absolute atomic E-state index is 12.1. The van der Waals surface area contributed by atoms with Gasteiger partial charge in [-0.1, -0.05) is 6.07 Å². The summed E-state index contributed by atoms with van der Waals surface area (Å²) in [5.74, 6) is -1.42. The molecule has 2 rings (SSSR count). The summed E-state index contributed by atoms with van der Waals surface area (Å²) in [6, 6.07) is 9.85. The summed E-state index contributed by atoms with van der Waals surface area (Å²) in [5.41, 5.74) is 4.16. The van der Waals surface area contributed by atoms with Crippen LogP contribution in [-0.4, -0.2) is 31.2 Å². The Kier molecular flexibility index (Phi) is 6.44. The van der Waals surface area contributed by atoms with Gasteiger partial charge in [0.2, 0.25) is 10.0 Å². The van der Waals surface area contributed by atoms with Crippen LogP contribution in [0.3, 0.4) is 0 Å². The van der Waals surface area contributed by atoms with E-state index in [0.717, 1.165) is 6.07 Å². The molecule has 2 aromatic carbocycles. The zero-order chi connectivity index (χ0) is 20.9. The molecule has 0 aliphatic heterocycles. The monoisotopic (exact) mass is 406 g/mol. The predicted octanol–water partition coefficient (Wildman–Crippen LogP) is 1.36. The number of non-ortho nitro benzene ring substituents is 1. The molecule has 0 spiro atoms. The molecule has 0 aliphatic carbocycles. The van der Waals surface area contributed by atoms with Gasteiger partial charge < -0.3 is 0 Å². The van der Waals surface area contributed by atoms with E-state index in [2.05, 4.69) is 15.6 Å². The van der Waals surface area contributed by atoms with Crippen LogP contribution in [0.15, 0.2) is 53.4 Å². The van der Waals surface area contributed by atoms with Crippen LogP contribution in [0.2, 0.25) is 0 Å². The molecule has 10 nitrogen and oxygen atoms in total. The van der Waals surface area contributed by atoms with Crippen LogP contribution >= 0.6 is 0 Å². The van der Waals surface area contributed by atoms with Gasteiger partial charge in [-0.25, -0.2) is 13.1 Å². The third-order valence-corrected chi connectivity index (χ3v) is 5.10. The van der Waals surface area contributed by atoms with E-state index >= 15 is 0 Å². The van der Waals surface area contributed by atoms with Crippen LogP contribution < -0.4 is 15.6 Å². The van der Waals surface area contributed by atoms with Crippen LogP contribution in [0.25, 0.3) is 0 Å². The van der Waals surface area contributed by atoms with Crippen LogP contribution in [0.5, 0.6) is 0 Å². The van der Waals surface area contributed by atoms with Crippen molar-refractivity contribution in [2.45, 2.75) is 24.8 Å². The summed E-state index contributed by atoms with van der Waals surface area (Å²) in [7, 11) is -3.68. The second kappa shape index (κ2) is 8.59. The number of carbonyl (C=O) groups excluding carboxylic acids is 2. The first-order valence-electron chi connectivity index (χ1n) is 8.07. The number of nitro groups is 1. The molecular weight excluding hydrogens is 388 g/mol. The van der Waals surface area contributed by atoms with Crippen molar-refractivity contribution >= 4 is 27.5 Å². The summed E-state index contributed by atoms with van der Waals surface area (Å²) in [5, 5.41) is 10.7. The van der Waals surface area contributed by atoms with Crippen LogP contribution in [0.1, 0.15) is 34.6 Å². The van der Waals surface area contributed by atoms with E-state index in [4.69, 9.17) is 0 Å². The van der Waals surface area contributed by atoms with Crippen molar-refractivity contribution in [3.05, 3.63) is 69.8 Å². The first-order chi connectivity index (χ1) is 13.1. The Morgan fingerprint density at radius 2 is 1.54 bits per heavy atom.